The average molecular weight is 446 g/mol. The number of imide groups is 1. The maximum Gasteiger partial charge on any atom is 0.262 e. The van der Waals surface area contributed by atoms with E-state index in [1.165, 1.54) is 4.90 Å². The van der Waals surface area contributed by atoms with Crippen LogP contribution in [0, 0.1) is 0 Å². The molecule has 1 spiro atoms. The van der Waals surface area contributed by atoms with Crippen molar-refractivity contribution < 1.29 is 23.5 Å². The summed E-state index contributed by atoms with van der Waals surface area (Å²) in [5.74, 6) is -1.36. The third-order valence-electron chi connectivity index (χ3n) is 7.44. The van der Waals surface area contributed by atoms with Gasteiger partial charge in [-0.3, -0.25) is 14.5 Å². The van der Waals surface area contributed by atoms with Gasteiger partial charge in [-0.25, -0.2) is 0 Å². The van der Waals surface area contributed by atoms with Crippen LogP contribution >= 0.6 is 0 Å². The highest BCUT2D eigenvalue weighted by Gasteiger charge is 2.61. The molecule has 1 aromatic carbocycles. The van der Waals surface area contributed by atoms with E-state index in [4.69, 9.17) is 13.9 Å². The number of hydrogen-bond donors (Lipinski definition) is 0. The van der Waals surface area contributed by atoms with E-state index in [1.807, 2.05) is 30.3 Å². The predicted molar refractivity (Wildman–Crippen MR) is 120 cm³/mol. The monoisotopic (exact) mass is 445 g/mol. The number of benzene rings is 1. The molecule has 2 aliphatic heterocycles. The number of fused-ring (bicyclic) bond motifs is 1. The molecule has 31 heavy (non-hydrogen) atoms. The fraction of sp³-hybridized carbons (Fsp3) is 0.667. The number of carbonyl (C=O) groups excluding carboxylic acids is 2. The molecule has 0 N–H and O–H groups in total. The predicted octanol–water partition coefficient (Wildman–Crippen LogP) is 4.56. The molecule has 1 aliphatic carbocycles. The Kier molecular flexibility index (Phi) is 5.92. The summed E-state index contributed by atoms with van der Waals surface area (Å²) in [7, 11) is -2.07. The zero-order valence-electron chi connectivity index (χ0n) is 19.3. The van der Waals surface area contributed by atoms with E-state index in [0.717, 1.165) is 37.7 Å². The van der Waals surface area contributed by atoms with Crippen molar-refractivity contribution in [2.45, 2.75) is 95.0 Å². The Morgan fingerprint density at radius 3 is 2.10 bits per heavy atom. The van der Waals surface area contributed by atoms with E-state index in [1.54, 1.807) is 0 Å². The number of nitrogens with zero attached hydrogens (tertiary/aromatic N) is 1. The standard InChI is InChI=1S/C24H35NO5Si/c1-23(2,3)31(4,5)28-16-18(17-12-8-6-9-13-17)25-21(26)19-20(22(25)27)30-24(29-19)14-10-7-11-15-24/h6,8-9,12-13,18-20H,7,10-11,14-16H2,1-5H3/t18-,19-,20+/m0/s1. The third kappa shape index (κ3) is 4.13. The quantitative estimate of drug-likeness (QED) is 0.491. The van der Waals surface area contributed by atoms with Gasteiger partial charge >= 0.3 is 0 Å². The zero-order chi connectivity index (χ0) is 22.4. The lowest BCUT2D eigenvalue weighted by molar-refractivity contribution is -0.206. The molecule has 4 rings (SSSR count). The van der Waals surface area contributed by atoms with Gasteiger partial charge in [0.1, 0.15) is 0 Å². The van der Waals surface area contributed by atoms with Gasteiger partial charge < -0.3 is 13.9 Å². The molecule has 3 fully saturated rings. The molecular formula is C24H35NO5Si. The molecule has 7 heteroatoms. The summed E-state index contributed by atoms with van der Waals surface area (Å²) in [6, 6.07) is 9.17. The van der Waals surface area contributed by atoms with Crippen molar-refractivity contribution in [2.75, 3.05) is 6.61 Å². The van der Waals surface area contributed by atoms with E-state index in [2.05, 4.69) is 33.9 Å². The maximum absolute atomic E-state index is 13.4. The van der Waals surface area contributed by atoms with Crippen molar-refractivity contribution >= 4 is 20.1 Å². The Morgan fingerprint density at radius 1 is 1.03 bits per heavy atom. The second-order valence-corrected chi connectivity index (χ2v) is 15.4. The van der Waals surface area contributed by atoms with E-state index in [-0.39, 0.29) is 23.5 Å². The highest BCUT2D eigenvalue weighted by molar-refractivity contribution is 6.74. The van der Waals surface area contributed by atoms with E-state index >= 15 is 0 Å². The first-order valence-electron chi connectivity index (χ1n) is 11.5. The van der Waals surface area contributed by atoms with Gasteiger partial charge in [-0.05, 0) is 36.5 Å². The van der Waals surface area contributed by atoms with Gasteiger partial charge in [0.2, 0.25) is 0 Å². The number of ether oxygens (including phenoxy) is 2. The van der Waals surface area contributed by atoms with Crippen LogP contribution in [0.25, 0.3) is 0 Å². The molecule has 0 unspecified atom stereocenters. The number of likely N-dealkylation sites (tertiary alicyclic amines) is 1. The fourth-order valence-electron chi connectivity index (χ4n) is 4.49. The van der Waals surface area contributed by atoms with Crippen molar-refractivity contribution in [3.05, 3.63) is 35.9 Å². The first-order valence-corrected chi connectivity index (χ1v) is 14.4. The van der Waals surface area contributed by atoms with Crippen molar-refractivity contribution in [1.29, 1.82) is 0 Å². The van der Waals surface area contributed by atoms with Gasteiger partial charge in [0.05, 0.1) is 12.6 Å². The van der Waals surface area contributed by atoms with Crippen LogP contribution < -0.4 is 0 Å². The van der Waals surface area contributed by atoms with Crippen molar-refractivity contribution in [2.24, 2.45) is 0 Å². The number of amides is 2. The lowest BCUT2D eigenvalue weighted by Gasteiger charge is -2.39. The minimum atomic E-state index is -2.07. The van der Waals surface area contributed by atoms with Gasteiger partial charge in [0, 0.05) is 12.8 Å². The summed E-state index contributed by atoms with van der Waals surface area (Å²) >= 11 is 0. The van der Waals surface area contributed by atoms with Gasteiger partial charge in [-0.15, -0.1) is 0 Å². The van der Waals surface area contributed by atoms with Crippen molar-refractivity contribution in [3.8, 4) is 0 Å². The van der Waals surface area contributed by atoms with E-state index in [0.29, 0.717) is 0 Å². The Balaban J connectivity index is 1.58. The Labute approximate surface area is 186 Å². The molecular weight excluding hydrogens is 410 g/mol. The minimum absolute atomic E-state index is 0.0311. The number of carbonyl (C=O) groups is 2. The van der Waals surface area contributed by atoms with Crippen molar-refractivity contribution in [1.82, 2.24) is 4.90 Å². The highest BCUT2D eigenvalue weighted by atomic mass is 28.4. The van der Waals surface area contributed by atoms with E-state index < -0.39 is 32.4 Å². The van der Waals surface area contributed by atoms with Crippen LogP contribution in [-0.4, -0.2) is 49.6 Å². The molecule has 2 amide bonds. The number of rotatable bonds is 5. The van der Waals surface area contributed by atoms with Crippen LogP contribution in [-0.2, 0) is 23.5 Å². The fourth-order valence-corrected chi connectivity index (χ4v) is 5.50. The molecule has 0 radical (unpaired) electrons. The molecule has 3 atom stereocenters. The van der Waals surface area contributed by atoms with Crippen LogP contribution in [0.1, 0.15) is 64.5 Å². The van der Waals surface area contributed by atoms with Crippen LogP contribution in [0.3, 0.4) is 0 Å². The second-order valence-electron chi connectivity index (χ2n) is 10.6. The summed E-state index contributed by atoms with van der Waals surface area (Å²) in [5.41, 5.74) is 0.885. The molecule has 2 heterocycles. The van der Waals surface area contributed by atoms with Gasteiger partial charge in [0.25, 0.3) is 11.8 Å². The van der Waals surface area contributed by atoms with Crippen molar-refractivity contribution in [3.63, 3.8) is 0 Å². The molecule has 0 bridgehead atoms. The molecule has 1 saturated carbocycles. The Bertz CT molecular complexity index is 802. The topological polar surface area (TPSA) is 65.1 Å². The average Bonchev–Trinajstić information content (AvgIpc) is 3.18. The second kappa shape index (κ2) is 8.10. The van der Waals surface area contributed by atoms with Gasteiger partial charge in [0.15, 0.2) is 26.3 Å². The lowest BCUT2D eigenvalue weighted by Crippen LogP contribution is -2.46. The van der Waals surface area contributed by atoms with Crippen LogP contribution in [0.2, 0.25) is 18.1 Å². The largest absolute Gasteiger partial charge is 0.414 e. The molecule has 6 nitrogen and oxygen atoms in total. The summed E-state index contributed by atoms with van der Waals surface area (Å²) in [6.45, 7) is 11.2. The maximum atomic E-state index is 13.4. The highest BCUT2D eigenvalue weighted by Crippen LogP contribution is 2.45. The Hall–Kier alpha value is -1.54. The third-order valence-corrected chi connectivity index (χ3v) is 11.9. The lowest BCUT2D eigenvalue weighted by atomic mass is 9.94. The zero-order valence-corrected chi connectivity index (χ0v) is 20.3. The molecule has 0 aromatic heterocycles. The normalized spacial score (nSPS) is 27.1. The summed E-state index contributed by atoms with van der Waals surface area (Å²) in [4.78, 5) is 28.2. The molecule has 3 aliphatic rings. The summed E-state index contributed by atoms with van der Waals surface area (Å²) in [5, 5.41) is 0.0311. The first kappa shape index (κ1) is 22.6. The van der Waals surface area contributed by atoms with Crippen LogP contribution in [0.15, 0.2) is 30.3 Å². The molecule has 1 aromatic rings. The van der Waals surface area contributed by atoms with E-state index in [9.17, 15) is 9.59 Å². The molecule has 170 valence electrons. The molecule has 2 saturated heterocycles. The minimum Gasteiger partial charge on any atom is -0.414 e. The van der Waals surface area contributed by atoms with Gasteiger partial charge in [-0.2, -0.15) is 0 Å². The SMILES string of the molecule is CC(C)(C)[Si](C)(C)OC[C@@H](c1ccccc1)N1C(=O)[C@H]2OC3(CCCCC3)O[C@H]2C1=O. The number of hydrogen-bond acceptors (Lipinski definition) is 5. The van der Waals surface area contributed by atoms with Crippen LogP contribution in [0.5, 0.6) is 0 Å². The van der Waals surface area contributed by atoms with Crippen LogP contribution in [0.4, 0.5) is 0 Å². The van der Waals surface area contributed by atoms with Gasteiger partial charge in [-0.1, -0.05) is 57.5 Å². The smallest absolute Gasteiger partial charge is 0.262 e. The Morgan fingerprint density at radius 2 is 1.58 bits per heavy atom. The first-order chi connectivity index (χ1) is 14.5. The summed E-state index contributed by atoms with van der Waals surface area (Å²) < 4.78 is 18.8. The summed E-state index contributed by atoms with van der Waals surface area (Å²) in [6.07, 6.45) is 2.94.